The molecule has 0 amide bonds. The zero-order valence-corrected chi connectivity index (χ0v) is 7.38. The molecule has 0 aliphatic rings. The summed E-state index contributed by atoms with van der Waals surface area (Å²) in [5, 5.41) is 8.24. The van der Waals surface area contributed by atoms with Crippen molar-refractivity contribution in [1.29, 1.82) is 5.26 Å². The molecule has 3 heteroatoms. The Hall–Kier alpha value is -1.56. The predicted molar refractivity (Wildman–Crippen MR) is 46.9 cm³/mol. The van der Waals surface area contributed by atoms with Gasteiger partial charge in [0.05, 0.1) is 12.5 Å². The van der Waals surface area contributed by atoms with Crippen LogP contribution in [0.2, 0.25) is 0 Å². The van der Waals surface area contributed by atoms with Crippen LogP contribution < -0.4 is 4.74 Å². The van der Waals surface area contributed by atoms with Gasteiger partial charge in [0.25, 0.3) is 0 Å². The molecule has 0 saturated heterocycles. The summed E-state index contributed by atoms with van der Waals surface area (Å²) in [7, 11) is 0. The molecule has 0 saturated carbocycles. The van der Waals surface area contributed by atoms with Crippen LogP contribution in [0.4, 0.5) is 4.39 Å². The first-order chi connectivity index (χ1) is 6.25. The highest BCUT2D eigenvalue weighted by Gasteiger charge is 2.04. The zero-order valence-electron chi connectivity index (χ0n) is 7.38. The Kier molecular flexibility index (Phi) is 3.27. The molecule has 1 rings (SSSR count). The second-order valence-electron chi connectivity index (χ2n) is 2.64. The molecule has 0 fully saturated rings. The van der Waals surface area contributed by atoms with Gasteiger partial charge in [-0.05, 0) is 18.6 Å². The first-order valence-corrected chi connectivity index (χ1v) is 4.00. The van der Waals surface area contributed by atoms with E-state index in [1.54, 1.807) is 25.1 Å². The van der Waals surface area contributed by atoms with Crippen LogP contribution in [0.5, 0.6) is 5.75 Å². The topological polar surface area (TPSA) is 33.0 Å². The highest BCUT2D eigenvalue weighted by atomic mass is 19.1. The van der Waals surface area contributed by atoms with E-state index in [9.17, 15) is 4.39 Å². The number of ether oxygens (including phenoxy) is 1. The van der Waals surface area contributed by atoms with E-state index < -0.39 is 0 Å². The molecular formula is C10H10FNO. The number of hydrogen-bond acceptors (Lipinski definition) is 2. The molecular weight excluding hydrogens is 169 g/mol. The van der Waals surface area contributed by atoms with Gasteiger partial charge in [0.1, 0.15) is 6.61 Å². The summed E-state index contributed by atoms with van der Waals surface area (Å²) < 4.78 is 18.3. The fourth-order valence-corrected chi connectivity index (χ4v) is 0.939. The van der Waals surface area contributed by atoms with Gasteiger partial charge < -0.3 is 4.74 Å². The van der Waals surface area contributed by atoms with Crippen molar-refractivity contribution >= 4 is 0 Å². The minimum absolute atomic E-state index is 0.218. The first-order valence-electron chi connectivity index (χ1n) is 4.00. The average Bonchev–Trinajstić information content (AvgIpc) is 2.13. The van der Waals surface area contributed by atoms with Crippen LogP contribution >= 0.6 is 0 Å². The number of nitrogens with zero attached hydrogens (tertiary/aromatic N) is 1. The molecule has 1 aromatic rings. The van der Waals surface area contributed by atoms with Crippen molar-refractivity contribution < 1.29 is 9.13 Å². The Morgan fingerprint density at radius 2 is 2.31 bits per heavy atom. The highest BCUT2D eigenvalue weighted by Crippen LogP contribution is 2.19. The lowest BCUT2D eigenvalue weighted by atomic mass is 10.2. The number of aryl methyl sites for hydroxylation is 1. The molecule has 0 aliphatic carbocycles. The van der Waals surface area contributed by atoms with Crippen LogP contribution in [-0.4, -0.2) is 6.61 Å². The van der Waals surface area contributed by atoms with Gasteiger partial charge in [0, 0.05) is 0 Å². The van der Waals surface area contributed by atoms with E-state index in [1.165, 1.54) is 0 Å². The summed E-state index contributed by atoms with van der Waals surface area (Å²) in [6.45, 7) is 1.91. The zero-order chi connectivity index (χ0) is 9.68. The van der Waals surface area contributed by atoms with Crippen LogP contribution in [0, 0.1) is 24.1 Å². The van der Waals surface area contributed by atoms with Crippen molar-refractivity contribution in [2.24, 2.45) is 0 Å². The highest BCUT2D eigenvalue weighted by molar-refractivity contribution is 5.30. The summed E-state index contributed by atoms with van der Waals surface area (Å²) in [5.41, 5.74) is 0.550. The number of nitriles is 1. The second kappa shape index (κ2) is 4.46. The lowest BCUT2D eigenvalue weighted by molar-refractivity contribution is 0.308. The first kappa shape index (κ1) is 9.53. The second-order valence-corrected chi connectivity index (χ2v) is 2.64. The minimum atomic E-state index is -0.347. The van der Waals surface area contributed by atoms with Crippen molar-refractivity contribution in [3.05, 3.63) is 29.6 Å². The van der Waals surface area contributed by atoms with E-state index in [4.69, 9.17) is 10.00 Å². The lowest BCUT2D eigenvalue weighted by Crippen LogP contribution is -1.98. The van der Waals surface area contributed by atoms with Gasteiger partial charge in [-0.2, -0.15) is 5.26 Å². The smallest absolute Gasteiger partial charge is 0.167 e. The van der Waals surface area contributed by atoms with Crippen LogP contribution in [0.1, 0.15) is 12.0 Å². The van der Waals surface area contributed by atoms with E-state index in [1.807, 2.05) is 6.07 Å². The van der Waals surface area contributed by atoms with Crippen molar-refractivity contribution in [1.82, 2.24) is 0 Å². The number of hydrogen-bond donors (Lipinski definition) is 0. The Balaban J connectivity index is 2.67. The maximum atomic E-state index is 13.2. The Morgan fingerprint density at radius 1 is 1.54 bits per heavy atom. The third-order valence-electron chi connectivity index (χ3n) is 1.63. The minimum Gasteiger partial charge on any atom is -0.489 e. The van der Waals surface area contributed by atoms with Crippen molar-refractivity contribution in [3.63, 3.8) is 0 Å². The lowest BCUT2D eigenvalue weighted by Gasteiger charge is -2.05. The third-order valence-corrected chi connectivity index (χ3v) is 1.63. The molecule has 68 valence electrons. The summed E-state index contributed by atoms with van der Waals surface area (Å²) >= 11 is 0. The summed E-state index contributed by atoms with van der Waals surface area (Å²) in [6.07, 6.45) is 0.271. The van der Waals surface area contributed by atoms with Gasteiger partial charge >= 0.3 is 0 Å². The van der Waals surface area contributed by atoms with E-state index in [2.05, 4.69) is 0 Å². The Bertz CT molecular complexity index is 330. The molecule has 1 aromatic carbocycles. The summed E-state index contributed by atoms with van der Waals surface area (Å²) in [4.78, 5) is 0. The fraction of sp³-hybridized carbons (Fsp3) is 0.300. The van der Waals surface area contributed by atoms with Crippen LogP contribution in [0.15, 0.2) is 18.2 Å². The quantitative estimate of drug-likeness (QED) is 0.667. The molecule has 0 spiro atoms. The number of rotatable bonds is 3. The van der Waals surface area contributed by atoms with Gasteiger partial charge in [0.15, 0.2) is 11.6 Å². The summed E-state index contributed by atoms with van der Waals surface area (Å²) in [6, 6.07) is 6.88. The monoisotopic (exact) mass is 179 g/mol. The molecule has 0 heterocycles. The standard InChI is InChI=1S/C10H10FNO/c1-8-4-2-5-9(10(8)11)13-7-3-6-12/h2,4-5H,3,7H2,1H3. The Morgan fingerprint density at radius 3 is 3.00 bits per heavy atom. The SMILES string of the molecule is Cc1cccc(OCCC#N)c1F. The molecule has 0 radical (unpaired) electrons. The van der Waals surface area contributed by atoms with E-state index in [0.29, 0.717) is 5.56 Å². The fourth-order valence-electron chi connectivity index (χ4n) is 0.939. The van der Waals surface area contributed by atoms with Gasteiger partial charge in [0.2, 0.25) is 0 Å². The van der Waals surface area contributed by atoms with E-state index in [0.717, 1.165) is 0 Å². The van der Waals surface area contributed by atoms with Crippen LogP contribution in [0.25, 0.3) is 0 Å². The van der Waals surface area contributed by atoms with Crippen LogP contribution in [-0.2, 0) is 0 Å². The molecule has 0 aromatic heterocycles. The predicted octanol–water partition coefficient (Wildman–Crippen LogP) is 2.43. The maximum absolute atomic E-state index is 13.2. The van der Waals surface area contributed by atoms with E-state index >= 15 is 0 Å². The number of benzene rings is 1. The normalized spacial score (nSPS) is 9.31. The molecule has 13 heavy (non-hydrogen) atoms. The third kappa shape index (κ3) is 2.45. The molecule has 0 bridgehead atoms. The Labute approximate surface area is 76.6 Å². The van der Waals surface area contributed by atoms with Gasteiger partial charge in [-0.15, -0.1) is 0 Å². The summed E-state index contributed by atoms with van der Waals surface area (Å²) in [5.74, 6) is -0.129. The molecule has 0 N–H and O–H groups in total. The molecule has 0 atom stereocenters. The average molecular weight is 179 g/mol. The van der Waals surface area contributed by atoms with Gasteiger partial charge in [-0.3, -0.25) is 0 Å². The van der Waals surface area contributed by atoms with E-state index in [-0.39, 0.29) is 24.6 Å². The molecule has 2 nitrogen and oxygen atoms in total. The number of halogens is 1. The van der Waals surface area contributed by atoms with Crippen molar-refractivity contribution in [2.75, 3.05) is 6.61 Å². The molecule has 0 aliphatic heterocycles. The molecule has 0 unspecified atom stereocenters. The van der Waals surface area contributed by atoms with Gasteiger partial charge in [-0.25, -0.2) is 4.39 Å². The van der Waals surface area contributed by atoms with Gasteiger partial charge in [-0.1, -0.05) is 12.1 Å². The van der Waals surface area contributed by atoms with Crippen molar-refractivity contribution in [2.45, 2.75) is 13.3 Å². The van der Waals surface area contributed by atoms with Crippen LogP contribution in [0.3, 0.4) is 0 Å². The maximum Gasteiger partial charge on any atom is 0.167 e. The largest absolute Gasteiger partial charge is 0.489 e. The van der Waals surface area contributed by atoms with Crippen molar-refractivity contribution in [3.8, 4) is 11.8 Å².